The van der Waals surface area contributed by atoms with Crippen molar-refractivity contribution >= 4 is 21.9 Å². The average molecular weight is 439 g/mol. The highest BCUT2D eigenvalue weighted by molar-refractivity contribution is 7.89. The molecule has 1 amide bonds. The zero-order valence-electron chi connectivity index (χ0n) is 16.9. The Bertz CT molecular complexity index is 882. The highest BCUT2D eigenvalue weighted by atomic mass is 32.2. The first kappa shape index (κ1) is 23.6. The summed E-state index contributed by atoms with van der Waals surface area (Å²) in [7, 11) is -2.55. The summed E-state index contributed by atoms with van der Waals surface area (Å²) in [6, 6.07) is 3.96. The fourth-order valence-electron chi connectivity index (χ4n) is 2.82. The fourth-order valence-corrected chi connectivity index (χ4v) is 4.41. The molecule has 30 heavy (non-hydrogen) atoms. The second-order valence-corrected chi connectivity index (χ2v) is 8.24. The van der Waals surface area contributed by atoms with Crippen molar-refractivity contribution < 1.29 is 32.2 Å². The summed E-state index contributed by atoms with van der Waals surface area (Å²) in [4.78, 5) is 25.9. The summed E-state index contributed by atoms with van der Waals surface area (Å²) < 4.78 is 42.7. The number of methoxy groups -OCH3 is 1. The van der Waals surface area contributed by atoms with E-state index in [9.17, 15) is 18.0 Å². The van der Waals surface area contributed by atoms with Crippen LogP contribution < -0.4 is 4.74 Å². The van der Waals surface area contributed by atoms with Gasteiger partial charge < -0.3 is 19.1 Å². The number of ether oxygens (including phenoxy) is 3. The number of amides is 1. The molecule has 9 nitrogen and oxygen atoms in total. The van der Waals surface area contributed by atoms with E-state index < -0.39 is 28.5 Å². The summed E-state index contributed by atoms with van der Waals surface area (Å²) in [5.74, 6) is -1.13. The third-order valence-electron chi connectivity index (χ3n) is 4.37. The van der Waals surface area contributed by atoms with E-state index in [2.05, 4.69) is 13.2 Å². The van der Waals surface area contributed by atoms with Gasteiger partial charge in [0.1, 0.15) is 10.6 Å². The minimum atomic E-state index is -3.90. The van der Waals surface area contributed by atoms with Gasteiger partial charge in [-0.3, -0.25) is 4.79 Å². The van der Waals surface area contributed by atoms with Crippen LogP contribution >= 0.6 is 0 Å². The second kappa shape index (κ2) is 10.9. The molecule has 0 spiro atoms. The Balaban J connectivity index is 2.19. The van der Waals surface area contributed by atoms with E-state index in [0.29, 0.717) is 0 Å². The molecule has 2 rings (SSSR count). The van der Waals surface area contributed by atoms with Crippen molar-refractivity contribution in [3.05, 3.63) is 49.1 Å². The number of nitrogens with zero attached hydrogens (tertiary/aromatic N) is 2. The van der Waals surface area contributed by atoms with Crippen molar-refractivity contribution in [2.75, 3.05) is 53.1 Å². The molecule has 0 aromatic heterocycles. The van der Waals surface area contributed by atoms with Gasteiger partial charge in [-0.2, -0.15) is 4.31 Å². The van der Waals surface area contributed by atoms with Crippen molar-refractivity contribution in [1.82, 2.24) is 9.21 Å². The van der Waals surface area contributed by atoms with Crippen molar-refractivity contribution in [2.24, 2.45) is 0 Å². The van der Waals surface area contributed by atoms with Crippen LogP contribution in [0.2, 0.25) is 0 Å². The number of benzene rings is 1. The van der Waals surface area contributed by atoms with Gasteiger partial charge in [0, 0.05) is 26.2 Å². The number of hydrogen-bond donors (Lipinski definition) is 0. The Kier molecular flexibility index (Phi) is 8.58. The lowest BCUT2D eigenvalue weighted by molar-refractivity contribution is -0.133. The molecule has 0 bridgehead atoms. The highest BCUT2D eigenvalue weighted by Crippen LogP contribution is 2.28. The van der Waals surface area contributed by atoms with E-state index in [4.69, 9.17) is 14.2 Å². The lowest BCUT2D eigenvalue weighted by Crippen LogP contribution is -2.40. The quantitative estimate of drug-likeness (QED) is 0.398. The first-order chi connectivity index (χ1) is 14.3. The molecule has 0 unspecified atom stereocenters. The Morgan fingerprint density at radius 2 is 1.83 bits per heavy atom. The summed E-state index contributed by atoms with van der Waals surface area (Å²) in [5.41, 5.74) is -0.00516. The maximum absolute atomic E-state index is 13.0. The Labute approximate surface area is 176 Å². The third-order valence-corrected chi connectivity index (χ3v) is 6.29. The van der Waals surface area contributed by atoms with E-state index in [0.717, 1.165) is 0 Å². The summed E-state index contributed by atoms with van der Waals surface area (Å²) >= 11 is 0. The molecule has 0 atom stereocenters. The molecule has 0 aliphatic carbocycles. The van der Waals surface area contributed by atoms with Crippen molar-refractivity contribution in [3.63, 3.8) is 0 Å². The summed E-state index contributed by atoms with van der Waals surface area (Å²) in [5, 5.41) is 0. The number of hydrogen-bond acceptors (Lipinski definition) is 7. The monoisotopic (exact) mass is 438 g/mol. The SMILES string of the molecule is C=CCN(CC=C)C(=O)COC(=O)c1ccc(OC)c(S(=O)(=O)N2CCOCC2)c1. The van der Waals surface area contributed by atoms with Gasteiger partial charge in [0.05, 0.1) is 25.9 Å². The third kappa shape index (κ3) is 5.68. The van der Waals surface area contributed by atoms with Crippen molar-refractivity contribution in [2.45, 2.75) is 4.90 Å². The standard InChI is InChI=1S/C20H26N2O7S/c1-4-8-21(9-5-2)19(23)15-29-20(24)16-6-7-17(27-3)18(14-16)30(25,26)22-10-12-28-13-11-22/h4-7,14H,1-2,8-13,15H2,3H3. The van der Waals surface area contributed by atoms with Crippen LogP contribution in [0.25, 0.3) is 0 Å². The van der Waals surface area contributed by atoms with Crippen LogP contribution in [-0.4, -0.2) is 82.6 Å². The number of sulfonamides is 1. The molecule has 1 fully saturated rings. The maximum Gasteiger partial charge on any atom is 0.338 e. The minimum Gasteiger partial charge on any atom is -0.495 e. The van der Waals surface area contributed by atoms with Gasteiger partial charge in [0.25, 0.3) is 5.91 Å². The first-order valence-corrected chi connectivity index (χ1v) is 10.7. The number of morpholine rings is 1. The Morgan fingerprint density at radius 3 is 2.40 bits per heavy atom. The van der Waals surface area contributed by atoms with E-state index in [1.54, 1.807) is 12.2 Å². The summed E-state index contributed by atoms with van der Waals surface area (Å²) in [6.07, 6.45) is 3.10. The molecular weight excluding hydrogens is 412 g/mol. The van der Waals surface area contributed by atoms with E-state index in [1.807, 2.05) is 0 Å². The minimum absolute atomic E-state index is 0.00516. The van der Waals surface area contributed by atoms with Crippen LogP contribution in [0.4, 0.5) is 0 Å². The van der Waals surface area contributed by atoms with Crippen LogP contribution in [-0.2, 0) is 24.3 Å². The Hall–Kier alpha value is -2.69. The molecule has 0 radical (unpaired) electrons. The average Bonchev–Trinajstić information content (AvgIpc) is 2.77. The fraction of sp³-hybridized carbons (Fsp3) is 0.400. The van der Waals surface area contributed by atoms with Gasteiger partial charge in [0.2, 0.25) is 10.0 Å². The van der Waals surface area contributed by atoms with Crippen molar-refractivity contribution in [3.8, 4) is 5.75 Å². The van der Waals surface area contributed by atoms with Crippen LogP contribution in [0.15, 0.2) is 48.4 Å². The Morgan fingerprint density at radius 1 is 1.20 bits per heavy atom. The van der Waals surface area contributed by atoms with Gasteiger partial charge in [0.15, 0.2) is 6.61 Å². The molecular formula is C20H26N2O7S. The van der Waals surface area contributed by atoms with Crippen molar-refractivity contribution in [1.29, 1.82) is 0 Å². The molecule has 0 saturated carbocycles. The number of carbonyl (C=O) groups excluding carboxylic acids is 2. The molecule has 1 aromatic carbocycles. The largest absolute Gasteiger partial charge is 0.495 e. The molecule has 164 valence electrons. The van der Waals surface area contributed by atoms with Crippen LogP contribution in [0, 0.1) is 0 Å². The predicted octanol–water partition coefficient (Wildman–Crippen LogP) is 1.07. The molecule has 1 aliphatic heterocycles. The lowest BCUT2D eigenvalue weighted by atomic mass is 10.2. The molecule has 1 saturated heterocycles. The maximum atomic E-state index is 13.0. The van der Waals surface area contributed by atoms with Gasteiger partial charge in [-0.05, 0) is 18.2 Å². The van der Waals surface area contributed by atoms with Crippen LogP contribution in [0.1, 0.15) is 10.4 Å². The van der Waals surface area contributed by atoms with Gasteiger partial charge in [-0.25, -0.2) is 13.2 Å². The second-order valence-electron chi connectivity index (χ2n) is 6.33. The van der Waals surface area contributed by atoms with Crippen LogP contribution in [0.5, 0.6) is 5.75 Å². The lowest BCUT2D eigenvalue weighted by Gasteiger charge is -2.26. The molecule has 0 N–H and O–H groups in total. The smallest absolute Gasteiger partial charge is 0.338 e. The van der Waals surface area contributed by atoms with E-state index >= 15 is 0 Å². The van der Waals surface area contributed by atoms with Gasteiger partial charge in [-0.15, -0.1) is 13.2 Å². The number of carbonyl (C=O) groups is 2. The molecule has 10 heteroatoms. The number of esters is 1. The molecule has 1 aromatic rings. The summed E-state index contributed by atoms with van der Waals surface area (Å²) in [6.45, 7) is 8.23. The van der Waals surface area contributed by atoms with Gasteiger partial charge in [-0.1, -0.05) is 12.2 Å². The van der Waals surface area contributed by atoms with E-state index in [-0.39, 0.29) is 55.6 Å². The zero-order valence-corrected chi connectivity index (χ0v) is 17.7. The zero-order chi connectivity index (χ0) is 22.1. The van der Waals surface area contributed by atoms with E-state index in [1.165, 1.54) is 34.5 Å². The highest BCUT2D eigenvalue weighted by Gasteiger charge is 2.30. The van der Waals surface area contributed by atoms with Crippen LogP contribution in [0.3, 0.4) is 0 Å². The number of rotatable bonds is 10. The molecule has 1 aliphatic rings. The predicted molar refractivity (Wildman–Crippen MR) is 110 cm³/mol. The van der Waals surface area contributed by atoms with Gasteiger partial charge >= 0.3 is 5.97 Å². The molecule has 1 heterocycles. The first-order valence-electron chi connectivity index (χ1n) is 9.27. The topological polar surface area (TPSA) is 102 Å². The normalized spacial score (nSPS) is 14.6.